The van der Waals surface area contributed by atoms with Gasteiger partial charge < -0.3 is 16.4 Å². The standard InChI is InChI=1S/C16H18BrN7OS/c1-8-22-12(14(26-8)16(19)25)9-3-2-4-23(6-9)10-5-11(17)24-13(10)15(18)20-7-21-24/h5,7,9H,2-4,6H2,1H3,(H2,19,25)(H2,18,20,21). The van der Waals surface area contributed by atoms with Crippen LogP contribution in [0.4, 0.5) is 11.5 Å². The molecule has 136 valence electrons. The lowest BCUT2D eigenvalue weighted by Crippen LogP contribution is -2.35. The molecular weight excluding hydrogens is 418 g/mol. The monoisotopic (exact) mass is 435 g/mol. The number of nitrogen functional groups attached to an aromatic ring is 1. The van der Waals surface area contributed by atoms with Gasteiger partial charge in [0.25, 0.3) is 5.91 Å². The number of hydrogen-bond donors (Lipinski definition) is 2. The molecule has 1 amide bonds. The van der Waals surface area contributed by atoms with Crippen LogP contribution in [0.2, 0.25) is 0 Å². The lowest BCUT2D eigenvalue weighted by atomic mass is 9.93. The van der Waals surface area contributed by atoms with Gasteiger partial charge in [0.15, 0.2) is 5.82 Å². The van der Waals surface area contributed by atoms with E-state index in [4.69, 9.17) is 11.5 Å². The molecule has 0 spiro atoms. The van der Waals surface area contributed by atoms with Crippen LogP contribution in [0.3, 0.4) is 0 Å². The summed E-state index contributed by atoms with van der Waals surface area (Å²) in [6.07, 6.45) is 3.40. The van der Waals surface area contributed by atoms with Gasteiger partial charge in [0.1, 0.15) is 21.3 Å². The quantitative estimate of drug-likeness (QED) is 0.651. The molecule has 4 N–H and O–H groups in total. The minimum Gasteiger partial charge on any atom is -0.382 e. The fourth-order valence-corrected chi connectivity index (χ4v) is 4.91. The van der Waals surface area contributed by atoms with Crippen LogP contribution in [0, 0.1) is 6.92 Å². The second-order valence-electron chi connectivity index (χ2n) is 6.35. The number of piperidine rings is 1. The number of carbonyl (C=O) groups excluding carboxylic acids is 1. The number of carbonyl (C=O) groups is 1. The molecule has 26 heavy (non-hydrogen) atoms. The zero-order chi connectivity index (χ0) is 18.4. The molecule has 1 aliphatic rings. The van der Waals surface area contributed by atoms with Crippen LogP contribution in [-0.2, 0) is 0 Å². The third kappa shape index (κ3) is 2.82. The number of nitrogens with two attached hydrogens (primary N) is 2. The molecule has 0 radical (unpaired) electrons. The van der Waals surface area contributed by atoms with Gasteiger partial charge >= 0.3 is 0 Å². The average Bonchev–Trinajstić information content (AvgIpc) is 3.17. The van der Waals surface area contributed by atoms with Crippen LogP contribution in [0.25, 0.3) is 5.52 Å². The van der Waals surface area contributed by atoms with E-state index in [1.54, 1.807) is 4.52 Å². The van der Waals surface area contributed by atoms with Crippen molar-refractivity contribution < 1.29 is 4.79 Å². The lowest BCUT2D eigenvalue weighted by molar-refractivity contribution is 0.100. The molecule has 0 bridgehead atoms. The van der Waals surface area contributed by atoms with E-state index in [0.717, 1.165) is 52.4 Å². The third-order valence-electron chi connectivity index (χ3n) is 4.65. The van der Waals surface area contributed by atoms with Gasteiger partial charge in [0.2, 0.25) is 0 Å². The topological polar surface area (TPSA) is 115 Å². The van der Waals surface area contributed by atoms with E-state index in [-0.39, 0.29) is 5.92 Å². The predicted octanol–water partition coefficient (Wildman–Crippen LogP) is 2.32. The molecule has 1 fully saturated rings. The Balaban J connectivity index is 1.72. The number of hydrogen-bond acceptors (Lipinski definition) is 7. The van der Waals surface area contributed by atoms with E-state index in [0.29, 0.717) is 10.7 Å². The molecule has 0 aliphatic carbocycles. The van der Waals surface area contributed by atoms with Crippen molar-refractivity contribution >= 4 is 50.2 Å². The third-order valence-corrected chi connectivity index (χ3v) is 6.22. The number of nitrogens with zero attached hydrogens (tertiary/aromatic N) is 5. The van der Waals surface area contributed by atoms with Gasteiger partial charge in [0, 0.05) is 19.0 Å². The predicted molar refractivity (Wildman–Crippen MR) is 105 cm³/mol. The van der Waals surface area contributed by atoms with Crippen LogP contribution < -0.4 is 16.4 Å². The largest absolute Gasteiger partial charge is 0.382 e. The summed E-state index contributed by atoms with van der Waals surface area (Å²) < 4.78 is 2.56. The molecule has 3 aromatic heterocycles. The Labute approximate surface area is 162 Å². The van der Waals surface area contributed by atoms with Crippen molar-refractivity contribution in [3.05, 3.63) is 32.6 Å². The Kier molecular flexibility index (Phi) is 4.31. The maximum absolute atomic E-state index is 11.8. The number of anilines is 2. The first-order valence-electron chi connectivity index (χ1n) is 8.25. The summed E-state index contributed by atoms with van der Waals surface area (Å²) in [7, 11) is 0. The zero-order valence-corrected chi connectivity index (χ0v) is 16.5. The normalized spacial score (nSPS) is 17.8. The fraction of sp³-hybridized carbons (Fsp3) is 0.375. The van der Waals surface area contributed by atoms with Crippen molar-refractivity contribution in [3.63, 3.8) is 0 Å². The number of halogens is 1. The first-order valence-corrected chi connectivity index (χ1v) is 9.86. The summed E-state index contributed by atoms with van der Waals surface area (Å²) >= 11 is 4.90. The van der Waals surface area contributed by atoms with E-state index < -0.39 is 5.91 Å². The van der Waals surface area contributed by atoms with Gasteiger partial charge in [-0.05, 0) is 41.8 Å². The second kappa shape index (κ2) is 6.51. The molecule has 10 heteroatoms. The van der Waals surface area contributed by atoms with E-state index in [2.05, 4.69) is 35.9 Å². The number of aromatic nitrogens is 4. The van der Waals surface area contributed by atoms with Crippen molar-refractivity contribution in [3.8, 4) is 0 Å². The highest BCUT2D eigenvalue weighted by Crippen LogP contribution is 2.37. The maximum Gasteiger partial charge on any atom is 0.260 e. The van der Waals surface area contributed by atoms with Crippen LogP contribution in [0.5, 0.6) is 0 Å². The van der Waals surface area contributed by atoms with Crippen LogP contribution in [-0.4, -0.2) is 38.6 Å². The number of primary amides is 1. The average molecular weight is 436 g/mol. The molecule has 1 aliphatic heterocycles. The van der Waals surface area contributed by atoms with Gasteiger partial charge in [-0.25, -0.2) is 14.5 Å². The molecule has 0 aromatic carbocycles. The smallest absolute Gasteiger partial charge is 0.260 e. The lowest BCUT2D eigenvalue weighted by Gasteiger charge is -2.33. The molecule has 3 aromatic rings. The van der Waals surface area contributed by atoms with Gasteiger partial charge in [-0.3, -0.25) is 4.79 Å². The van der Waals surface area contributed by atoms with E-state index in [1.807, 2.05) is 13.0 Å². The van der Waals surface area contributed by atoms with Crippen molar-refractivity contribution in [1.29, 1.82) is 0 Å². The summed E-state index contributed by atoms with van der Waals surface area (Å²) in [5.41, 5.74) is 14.2. The van der Waals surface area contributed by atoms with E-state index in [1.165, 1.54) is 17.7 Å². The van der Waals surface area contributed by atoms with E-state index in [9.17, 15) is 4.79 Å². The Bertz CT molecular complexity index is 998. The number of rotatable bonds is 3. The molecule has 0 saturated carbocycles. The summed E-state index contributed by atoms with van der Waals surface area (Å²) in [5, 5.41) is 5.12. The highest BCUT2D eigenvalue weighted by Gasteiger charge is 2.29. The van der Waals surface area contributed by atoms with Crippen LogP contribution >= 0.6 is 27.3 Å². The minimum absolute atomic E-state index is 0.149. The molecule has 4 heterocycles. The highest BCUT2D eigenvalue weighted by molar-refractivity contribution is 9.10. The molecule has 1 unspecified atom stereocenters. The Morgan fingerprint density at radius 3 is 3.04 bits per heavy atom. The molecule has 4 rings (SSSR count). The van der Waals surface area contributed by atoms with Gasteiger partial charge in [0.05, 0.1) is 16.4 Å². The van der Waals surface area contributed by atoms with Crippen molar-refractivity contribution in [2.45, 2.75) is 25.7 Å². The number of aryl methyl sites for hydroxylation is 1. The zero-order valence-electron chi connectivity index (χ0n) is 14.1. The van der Waals surface area contributed by atoms with Crippen LogP contribution in [0.1, 0.15) is 39.1 Å². The van der Waals surface area contributed by atoms with Gasteiger partial charge in [-0.15, -0.1) is 11.3 Å². The summed E-state index contributed by atoms with van der Waals surface area (Å²) in [5.74, 6) is 0.179. The molecule has 8 nitrogen and oxygen atoms in total. The molecular formula is C16H18BrN7OS. The Morgan fingerprint density at radius 1 is 1.46 bits per heavy atom. The van der Waals surface area contributed by atoms with Crippen molar-refractivity contribution in [1.82, 2.24) is 19.6 Å². The molecule has 1 saturated heterocycles. The second-order valence-corrected chi connectivity index (χ2v) is 8.37. The number of thiazole rings is 1. The summed E-state index contributed by atoms with van der Waals surface area (Å²) in [6, 6.07) is 2.00. The molecule has 1 atom stereocenters. The fourth-order valence-electron chi connectivity index (χ4n) is 3.57. The van der Waals surface area contributed by atoms with Crippen molar-refractivity contribution in [2.24, 2.45) is 5.73 Å². The SMILES string of the molecule is Cc1nc(C2CCCN(c3cc(Br)n4ncnc(N)c34)C2)c(C(N)=O)s1. The first kappa shape index (κ1) is 17.2. The Morgan fingerprint density at radius 2 is 2.27 bits per heavy atom. The highest BCUT2D eigenvalue weighted by atomic mass is 79.9. The number of fused-ring (bicyclic) bond motifs is 1. The Hall–Kier alpha value is -2.20. The minimum atomic E-state index is -0.405. The van der Waals surface area contributed by atoms with Crippen molar-refractivity contribution in [2.75, 3.05) is 23.7 Å². The van der Waals surface area contributed by atoms with Gasteiger partial charge in [-0.2, -0.15) is 5.10 Å². The van der Waals surface area contributed by atoms with Gasteiger partial charge in [-0.1, -0.05) is 0 Å². The first-order chi connectivity index (χ1) is 12.5. The van der Waals surface area contributed by atoms with E-state index >= 15 is 0 Å². The number of amides is 1. The van der Waals surface area contributed by atoms with Crippen LogP contribution in [0.15, 0.2) is 17.0 Å². The maximum atomic E-state index is 11.8. The summed E-state index contributed by atoms with van der Waals surface area (Å²) in [4.78, 5) is 23.3. The summed E-state index contributed by atoms with van der Waals surface area (Å²) in [6.45, 7) is 3.54.